The van der Waals surface area contributed by atoms with Crippen LogP contribution in [0, 0.1) is 0 Å². The van der Waals surface area contributed by atoms with Gasteiger partial charge in [0.1, 0.15) is 6.42 Å². The summed E-state index contributed by atoms with van der Waals surface area (Å²) in [6.07, 6.45) is -1.38. The Morgan fingerprint density at radius 1 is 0.667 bits per heavy atom. The van der Waals surface area contributed by atoms with Gasteiger partial charge >= 0.3 is 0 Å². The minimum absolute atomic E-state index is 1.38. The summed E-state index contributed by atoms with van der Waals surface area (Å²) >= 11 is 0. The van der Waals surface area contributed by atoms with Gasteiger partial charge in [-0.05, 0) is 0 Å². The van der Waals surface area contributed by atoms with Crippen molar-refractivity contribution in [3.05, 3.63) is 0 Å². The van der Waals surface area contributed by atoms with Crippen LogP contribution < -0.4 is 0 Å². The molecule has 0 saturated heterocycles. The summed E-state index contributed by atoms with van der Waals surface area (Å²) in [7, 11) is 0. The Labute approximate surface area is 50.2 Å². The first-order chi connectivity index (χ1) is 3.71. The summed E-state index contributed by atoms with van der Waals surface area (Å²) in [5.41, 5.74) is 0. The van der Waals surface area contributed by atoms with Crippen LogP contribution >= 0.6 is 0 Å². The zero-order valence-electron chi connectivity index (χ0n) is 4.39. The second-order valence-electron chi connectivity index (χ2n) is 1.73. The average molecular weight is 140 g/mol. The van der Waals surface area contributed by atoms with Crippen molar-refractivity contribution >= 4 is 0 Å². The smallest absolute Gasteiger partial charge is 0.283 e. The molecule has 9 heavy (non-hydrogen) atoms. The van der Waals surface area contributed by atoms with Crippen LogP contribution in [0.3, 0.4) is 0 Å². The quantitative estimate of drug-likeness (QED) is 0.223. The van der Waals surface area contributed by atoms with E-state index < -0.39 is 18.4 Å². The van der Waals surface area contributed by atoms with Crippen molar-refractivity contribution in [1.29, 1.82) is 0 Å². The number of hydrogen-bond acceptors (Lipinski definition) is 6. The van der Waals surface area contributed by atoms with E-state index in [4.69, 9.17) is 30.6 Å². The molecule has 0 saturated carbocycles. The second-order valence-corrected chi connectivity index (χ2v) is 1.73. The van der Waals surface area contributed by atoms with Gasteiger partial charge in [0.05, 0.1) is 0 Å². The number of hydrogen-bond donors (Lipinski definition) is 6. The first-order valence-corrected chi connectivity index (χ1v) is 2.05. The van der Waals surface area contributed by atoms with Crippen LogP contribution in [0.4, 0.5) is 0 Å². The molecule has 6 nitrogen and oxygen atoms in total. The van der Waals surface area contributed by atoms with Gasteiger partial charge < -0.3 is 30.6 Å². The highest BCUT2D eigenvalue weighted by molar-refractivity contribution is 4.53. The molecule has 0 aromatic heterocycles. The highest BCUT2D eigenvalue weighted by Gasteiger charge is 2.32. The van der Waals surface area contributed by atoms with Crippen LogP contribution in [0.15, 0.2) is 0 Å². The van der Waals surface area contributed by atoms with E-state index in [-0.39, 0.29) is 0 Å². The number of rotatable bonds is 2. The molecule has 0 aliphatic heterocycles. The molecule has 0 spiro atoms. The third-order valence-corrected chi connectivity index (χ3v) is 0.474. The Morgan fingerprint density at radius 3 is 0.889 bits per heavy atom. The first kappa shape index (κ1) is 8.76. The Morgan fingerprint density at radius 2 is 0.889 bits per heavy atom. The van der Waals surface area contributed by atoms with Gasteiger partial charge in [0, 0.05) is 0 Å². The monoisotopic (exact) mass is 140 g/mol. The van der Waals surface area contributed by atoms with Gasteiger partial charge in [0.25, 0.3) is 11.9 Å². The van der Waals surface area contributed by atoms with Crippen LogP contribution in [0.1, 0.15) is 6.42 Å². The Balaban J connectivity index is 3.75. The Hall–Kier alpha value is -0.240. The van der Waals surface area contributed by atoms with Gasteiger partial charge in [-0.25, -0.2) is 0 Å². The minimum atomic E-state index is -3.27. The van der Waals surface area contributed by atoms with E-state index in [0.717, 1.165) is 0 Å². The summed E-state index contributed by atoms with van der Waals surface area (Å²) < 4.78 is 0. The average Bonchev–Trinajstić information content (AvgIpc) is 1.14. The summed E-state index contributed by atoms with van der Waals surface area (Å²) in [5, 5.41) is 47.9. The SMILES string of the molecule is OC(O)(O)CC(O)(O)O. The van der Waals surface area contributed by atoms with Crippen molar-refractivity contribution in [3.63, 3.8) is 0 Å². The molecule has 0 bridgehead atoms. The molecule has 0 aliphatic rings. The first-order valence-electron chi connectivity index (χ1n) is 2.05. The standard InChI is InChI=1S/C3H8O6/c4-2(5,6)1-3(7,8)9/h4-9H,1H2. The molecule has 0 radical (unpaired) electrons. The molecular weight excluding hydrogens is 132 g/mol. The zero-order chi connectivity index (χ0) is 7.71. The van der Waals surface area contributed by atoms with Crippen molar-refractivity contribution in [1.82, 2.24) is 0 Å². The van der Waals surface area contributed by atoms with E-state index in [1.165, 1.54) is 0 Å². The van der Waals surface area contributed by atoms with Crippen molar-refractivity contribution in [3.8, 4) is 0 Å². The predicted molar refractivity (Wildman–Crippen MR) is 23.4 cm³/mol. The highest BCUT2D eigenvalue weighted by Crippen LogP contribution is 2.09. The molecule has 0 atom stereocenters. The maximum atomic E-state index is 7.98. The molecule has 6 heteroatoms. The van der Waals surface area contributed by atoms with Crippen molar-refractivity contribution in [2.24, 2.45) is 0 Å². The summed E-state index contributed by atoms with van der Waals surface area (Å²) in [6, 6.07) is 0. The summed E-state index contributed by atoms with van der Waals surface area (Å²) in [4.78, 5) is 0. The summed E-state index contributed by atoms with van der Waals surface area (Å²) in [6.45, 7) is 0. The maximum absolute atomic E-state index is 7.98. The molecular formula is C3H8O6. The van der Waals surface area contributed by atoms with E-state index in [0.29, 0.717) is 0 Å². The van der Waals surface area contributed by atoms with E-state index >= 15 is 0 Å². The van der Waals surface area contributed by atoms with Crippen molar-refractivity contribution < 1.29 is 30.6 Å². The number of aliphatic hydroxyl groups is 6. The topological polar surface area (TPSA) is 121 Å². The van der Waals surface area contributed by atoms with Crippen LogP contribution in [0.2, 0.25) is 0 Å². The zero-order valence-corrected chi connectivity index (χ0v) is 4.39. The lowest BCUT2D eigenvalue weighted by Gasteiger charge is -2.20. The van der Waals surface area contributed by atoms with Crippen LogP contribution in [0.5, 0.6) is 0 Å². The molecule has 0 fully saturated rings. The van der Waals surface area contributed by atoms with Gasteiger partial charge in [0.15, 0.2) is 0 Å². The van der Waals surface area contributed by atoms with Gasteiger partial charge in [0.2, 0.25) is 0 Å². The third-order valence-electron chi connectivity index (χ3n) is 0.474. The van der Waals surface area contributed by atoms with Gasteiger partial charge in [-0.2, -0.15) is 0 Å². The van der Waals surface area contributed by atoms with E-state index in [9.17, 15) is 0 Å². The largest absolute Gasteiger partial charge is 0.343 e. The molecule has 0 aromatic carbocycles. The summed E-state index contributed by atoms with van der Waals surface area (Å²) in [5.74, 6) is -6.53. The molecule has 0 amide bonds. The van der Waals surface area contributed by atoms with E-state index in [2.05, 4.69) is 0 Å². The Kier molecular flexibility index (Phi) is 2.12. The lowest BCUT2D eigenvalue weighted by molar-refractivity contribution is -0.400. The highest BCUT2D eigenvalue weighted by atomic mass is 16.7. The molecule has 0 aromatic rings. The fourth-order valence-corrected chi connectivity index (χ4v) is 0.318. The second kappa shape index (κ2) is 2.18. The molecule has 0 rings (SSSR count). The maximum Gasteiger partial charge on any atom is 0.283 e. The molecule has 56 valence electrons. The normalized spacial score (nSPS) is 14.0. The molecule has 0 unspecified atom stereocenters. The molecule has 0 heterocycles. The van der Waals surface area contributed by atoms with Crippen LogP contribution in [-0.4, -0.2) is 42.6 Å². The lowest BCUT2D eigenvalue weighted by atomic mass is 10.3. The van der Waals surface area contributed by atoms with Crippen LogP contribution in [-0.2, 0) is 0 Å². The Bertz CT molecular complexity index is 73.5. The van der Waals surface area contributed by atoms with Gasteiger partial charge in [-0.15, -0.1) is 0 Å². The van der Waals surface area contributed by atoms with Crippen LogP contribution in [0.25, 0.3) is 0 Å². The molecule has 0 aliphatic carbocycles. The molecule has 6 N–H and O–H groups in total. The van der Waals surface area contributed by atoms with E-state index in [1.807, 2.05) is 0 Å². The van der Waals surface area contributed by atoms with E-state index in [1.54, 1.807) is 0 Å². The van der Waals surface area contributed by atoms with Crippen molar-refractivity contribution in [2.75, 3.05) is 0 Å². The predicted octanol–water partition coefficient (Wildman–Crippen LogP) is -3.36. The lowest BCUT2D eigenvalue weighted by Crippen LogP contribution is -2.40. The minimum Gasteiger partial charge on any atom is -0.343 e. The van der Waals surface area contributed by atoms with Gasteiger partial charge in [-0.1, -0.05) is 0 Å². The fourth-order valence-electron chi connectivity index (χ4n) is 0.318. The van der Waals surface area contributed by atoms with Crippen molar-refractivity contribution in [2.45, 2.75) is 18.4 Å². The fraction of sp³-hybridized carbons (Fsp3) is 1.00. The van der Waals surface area contributed by atoms with Gasteiger partial charge in [-0.3, -0.25) is 0 Å². The third kappa shape index (κ3) is 7.76.